The minimum atomic E-state index is -0.0382. The summed E-state index contributed by atoms with van der Waals surface area (Å²) < 4.78 is 0. The number of benzene rings is 1. The first-order valence-corrected chi connectivity index (χ1v) is 6.66. The van der Waals surface area contributed by atoms with Crippen molar-refractivity contribution in [2.24, 2.45) is 11.7 Å². The van der Waals surface area contributed by atoms with E-state index < -0.39 is 0 Å². The number of amides is 1. The maximum absolute atomic E-state index is 11.8. The third-order valence-electron chi connectivity index (χ3n) is 2.92. The van der Waals surface area contributed by atoms with Gasteiger partial charge >= 0.3 is 0 Å². The zero-order chi connectivity index (χ0) is 13.5. The topological polar surface area (TPSA) is 55.1 Å². The molecule has 0 aliphatic heterocycles. The third kappa shape index (κ3) is 4.67. The summed E-state index contributed by atoms with van der Waals surface area (Å²) in [6.07, 6.45) is 1.45. The van der Waals surface area contributed by atoms with E-state index in [4.69, 9.17) is 17.3 Å². The molecule has 1 amide bonds. The average molecular weight is 269 g/mol. The van der Waals surface area contributed by atoms with Crippen molar-refractivity contribution in [3.05, 3.63) is 34.9 Å². The number of rotatable bonds is 6. The molecule has 0 aliphatic rings. The van der Waals surface area contributed by atoms with Crippen LogP contribution >= 0.6 is 11.6 Å². The Morgan fingerprint density at radius 2 is 2.06 bits per heavy atom. The molecule has 3 N–H and O–H groups in total. The lowest BCUT2D eigenvalue weighted by molar-refractivity contribution is -0.125. The first-order chi connectivity index (χ1) is 8.54. The number of hydrogen-bond acceptors (Lipinski definition) is 2. The molecule has 0 saturated carbocycles. The van der Waals surface area contributed by atoms with Crippen molar-refractivity contribution in [3.63, 3.8) is 0 Å². The molecule has 0 aromatic heterocycles. The van der Waals surface area contributed by atoms with Crippen LogP contribution in [0.2, 0.25) is 5.02 Å². The quantitative estimate of drug-likeness (QED) is 0.832. The third-order valence-corrected chi connectivity index (χ3v) is 3.29. The van der Waals surface area contributed by atoms with Gasteiger partial charge < -0.3 is 11.1 Å². The second kappa shape index (κ2) is 7.39. The molecular weight excluding hydrogens is 248 g/mol. The highest BCUT2D eigenvalue weighted by Crippen LogP contribution is 2.16. The molecule has 0 aliphatic carbocycles. The lowest BCUT2D eigenvalue weighted by Gasteiger charge is -2.17. The van der Waals surface area contributed by atoms with E-state index in [1.165, 1.54) is 0 Å². The van der Waals surface area contributed by atoms with Crippen LogP contribution in [0.1, 0.15) is 25.8 Å². The minimum Gasteiger partial charge on any atom is -0.353 e. The first kappa shape index (κ1) is 15.0. The Kier molecular flexibility index (Phi) is 6.16. The maximum atomic E-state index is 11.8. The molecular formula is C14H21ClN2O. The largest absolute Gasteiger partial charge is 0.353 e. The average Bonchev–Trinajstić information content (AvgIpc) is 2.32. The molecule has 0 saturated heterocycles. The van der Waals surface area contributed by atoms with Crippen molar-refractivity contribution in [2.45, 2.75) is 32.7 Å². The van der Waals surface area contributed by atoms with Crippen LogP contribution in [0.25, 0.3) is 0 Å². The van der Waals surface area contributed by atoms with Gasteiger partial charge in [-0.1, -0.05) is 36.7 Å². The molecule has 100 valence electrons. The number of halogens is 1. The van der Waals surface area contributed by atoms with E-state index >= 15 is 0 Å². The molecule has 0 heterocycles. The Morgan fingerprint density at radius 1 is 1.39 bits per heavy atom. The highest BCUT2D eigenvalue weighted by atomic mass is 35.5. The summed E-state index contributed by atoms with van der Waals surface area (Å²) in [6, 6.07) is 7.76. The van der Waals surface area contributed by atoms with Gasteiger partial charge in [0.15, 0.2) is 0 Å². The number of hydrogen-bond donors (Lipinski definition) is 2. The molecule has 0 radical (unpaired) electrons. The van der Waals surface area contributed by atoms with Gasteiger partial charge in [0.2, 0.25) is 5.91 Å². The highest BCUT2D eigenvalue weighted by molar-refractivity contribution is 6.31. The maximum Gasteiger partial charge on any atom is 0.223 e. The van der Waals surface area contributed by atoms with E-state index in [1.807, 2.05) is 38.1 Å². The van der Waals surface area contributed by atoms with Crippen LogP contribution in [0.5, 0.6) is 0 Å². The number of nitrogens with one attached hydrogen (secondary N) is 1. The summed E-state index contributed by atoms with van der Waals surface area (Å²) >= 11 is 6.09. The molecule has 0 bridgehead atoms. The van der Waals surface area contributed by atoms with E-state index in [1.54, 1.807) is 0 Å². The summed E-state index contributed by atoms with van der Waals surface area (Å²) in [4.78, 5) is 11.8. The normalized spacial score (nSPS) is 14.0. The zero-order valence-electron chi connectivity index (χ0n) is 10.9. The van der Waals surface area contributed by atoms with Crippen LogP contribution < -0.4 is 11.1 Å². The Balaban J connectivity index is 2.49. The SMILES string of the molecule is CC(Cc1ccccc1Cl)NC(=O)C(C)CCN. The zero-order valence-corrected chi connectivity index (χ0v) is 11.7. The second-order valence-electron chi connectivity index (χ2n) is 4.68. The van der Waals surface area contributed by atoms with Gasteiger partial charge in [-0.15, -0.1) is 0 Å². The van der Waals surface area contributed by atoms with Crippen LogP contribution in [-0.4, -0.2) is 18.5 Å². The molecule has 0 fully saturated rings. The standard InChI is InChI=1S/C14H21ClN2O/c1-10(7-8-16)14(18)17-11(2)9-12-5-3-4-6-13(12)15/h3-6,10-11H,7-9,16H2,1-2H3,(H,17,18). The smallest absolute Gasteiger partial charge is 0.223 e. The fourth-order valence-electron chi connectivity index (χ4n) is 1.81. The van der Waals surface area contributed by atoms with Crippen molar-refractivity contribution in [3.8, 4) is 0 Å². The second-order valence-corrected chi connectivity index (χ2v) is 5.09. The number of nitrogens with two attached hydrogens (primary N) is 1. The van der Waals surface area contributed by atoms with Crippen molar-refractivity contribution >= 4 is 17.5 Å². The van der Waals surface area contributed by atoms with Crippen molar-refractivity contribution in [1.82, 2.24) is 5.32 Å². The van der Waals surface area contributed by atoms with Crippen LogP contribution in [0.3, 0.4) is 0 Å². The van der Waals surface area contributed by atoms with E-state index in [-0.39, 0.29) is 17.9 Å². The molecule has 0 spiro atoms. The fraction of sp³-hybridized carbons (Fsp3) is 0.500. The van der Waals surface area contributed by atoms with Gasteiger partial charge in [0.1, 0.15) is 0 Å². The van der Waals surface area contributed by atoms with Crippen LogP contribution in [0.4, 0.5) is 0 Å². The molecule has 1 aromatic carbocycles. The lowest BCUT2D eigenvalue weighted by atomic mass is 10.0. The van der Waals surface area contributed by atoms with Gasteiger partial charge in [0.05, 0.1) is 0 Å². The highest BCUT2D eigenvalue weighted by Gasteiger charge is 2.15. The fourth-order valence-corrected chi connectivity index (χ4v) is 2.02. The van der Waals surface area contributed by atoms with Gasteiger partial charge in [-0.2, -0.15) is 0 Å². The molecule has 18 heavy (non-hydrogen) atoms. The summed E-state index contributed by atoms with van der Waals surface area (Å²) in [5.41, 5.74) is 6.50. The van der Waals surface area contributed by atoms with Crippen LogP contribution in [0, 0.1) is 5.92 Å². The van der Waals surface area contributed by atoms with E-state index in [2.05, 4.69) is 5.32 Å². The van der Waals surface area contributed by atoms with Crippen molar-refractivity contribution in [1.29, 1.82) is 0 Å². The summed E-state index contributed by atoms with van der Waals surface area (Å²) in [5, 5.41) is 3.73. The first-order valence-electron chi connectivity index (χ1n) is 6.28. The van der Waals surface area contributed by atoms with Crippen molar-refractivity contribution in [2.75, 3.05) is 6.54 Å². The van der Waals surface area contributed by atoms with Crippen LogP contribution in [0.15, 0.2) is 24.3 Å². The molecule has 3 nitrogen and oxygen atoms in total. The van der Waals surface area contributed by atoms with Gasteiger partial charge in [-0.3, -0.25) is 4.79 Å². The number of carbonyl (C=O) groups excluding carboxylic acids is 1. The van der Waals surface area contributed by atoms with Gasteiger partial charge in [-0.25, -0.2) is 0 Å². The summed E-state index contributed by atoms with van der Waals surface area (Å²) in [7, 11) is 0. The lowest BCUT2D eigenvalue weighted by Crippen LogP contribution is -2.38. The van der Waals surface area contributed by atoms with Gasteiger partial charge in [0.25, 0.3) is 0 Å². The molecule has 1 aromatic rings. The van der Waals surface area contributed by atoms with Gasteiger partial charge in [0, 0.05) is 17.0 Å². The Morgan fingerprint density at radius 3 is 2.67 bits per heavy atom. The molecule has 2 unspecified atom stereocenters. The Bertz CT molecular complexity index is 395. The van der Waals surface area contributed by atoms with Crippen LogP contribution in [-0.2, 0) is 11.2 Å². The monoisotopic (exact) mass is 268 g/mol. The van der Waals surface area contributed by atoms with E-state index in [9.17, 15) is 4.79 Å². The van der Waals surface area contributed by atoms with Gasteiger partial charge in [-0.05, 0) is 37.9 Å². The molecule has 2 atom stereocenters. The number of carbonyl (C=O) groups is 1. The predicted molar refractivity (Wildman–Crippen MR) is 75.6 cm³/mol. The molecule has 1 rings (SSSR count). The van der Waals surface area contributed by atoms with E-state index in [0.717, 1.165) is 17.0 Å². The summed E-state index contributed by atoms with van der Waals surface area (Å²) in [5.74, 6) is 0.0173. The Hall–Kier alpha value is -1.06. The Labute approximate surface area is 114 Å². The van der Waals surface area contributed by atoms with Crippen molar-refractivity contribution < 1.29 is 4.79 Å². The minimum absolute atomic E-state index is 0.0382. The predicted octanol–water partition coefficient (Wildman–Crippen LogP) is 2.37. The van der Waals surface area contributed by atoms with E-state index in [0.29, 0.717) is 13.0 Å². The summed E-state index contributed by atoms with van der Waals surface area (Å²) in [6.45, 7) is 4.41. The molecule has 4 heteroatoms.